The number of hydrogen-bond acceptors (Lipinski definition) is 4. The van der Waals surface area contributed by atoms with Crippen molar-refractivity contribution in [3.05, 3.63) is 35.9 Å². The molecule has 2 bridgehead atoms. The number of carbonyl (C=O) groups is 2. The molecule has 5 atom stereocenters. The molecule has 5 nitrogen and oxygen atoms in total. The van der Waals surface area contributed by atoms with Crippen LogP contribution in [0.15, 0.2) is 30.3 Å². The van der Waals surface area contributed by atoms with E-state index in [4.69, 9.17) is 9.47 Å². The molecule has 0 radical (unpaired) electrons. The molecule has 0 amide bonds. The maximum atomic E-state index is 13.4. The standard InChI is InChI=1S/C25H36NO4.BrH/c1-3-29-23(27)17-26(2)20-13-14-21(26)16-22(15-20)30-25(28)24(19-11-7-8-12-19)18-9-5-4-6-10-18;/h4-6,9-10,19-22,24H,3,7-8,11-17H2,1-2H3;1H/q+1;/p-1/t20-,21+,22?,24?,26?;. The van der Waals surface area contributed by atoms with Gasteiger partial charge in [-0.1, -0.05) is 43.2 Å². The summed E-state index contributed by atoms with van der Waals surface area (Å²) in [5.41, 5.74) is 1.09. The number of quaternary nitrogens is 1. The van der Waals surface area contributed by atoms with E-state index in [2.05, 4.69) is 19.2 Å². The van der Waals surface area contributed by atoms with Gasteiger partial charge in [-0.2, -0.15) is 0 Å². The second kappa shape index (κ2) is 10.5. The van der Waals surface area contributed by atoms with Gasteiger partial charge in [0.15, 0.2) is 6.54 Å². The van der Waals surface area contributed by atoms with Crippen LogP contribution in [0.25, 0.3) is 0 Å². The van der Waals surface area contributed by atoms with Crippen LogP contribution in [0.5, 0.6) is 0 Å². The lowest BCUT2D eigenvalue weighted by Gasteiger charge is -2.46. The largest absolute Gasteiger partial charge is 1.00 e. The van der Waals surface area contributed by atoms with Gasteiger partial charge in [0.25, 0.3) is 0 Å². The summed E-state index contributed by atoms with van der Waals surface area (Å²) in [6.45, 7) is 2.71. The Morgan fingerprint density at radius 3 is 2.23 bits per heavy atom. The number of halogens is 1. The molecular formula is C25H36BrNO4. The van der Waals surface area contributed by atoms with Gasteiger partial charge in [0, 0.05) is 25.7 Å². The third-order valence-electron chi connectivity index (χ3n) is 7.91. The maximum Gasteiger partial charge on any atom is 0.361 e. The molecule has 0 spiro atoms. The normalized spacial score (nSPS) is 31.0. The van der Waals surface area contributed by atoms with Crippen molar-refractivity contribution in [2.45, 2.75) is 82.4 Å². The van der Waals surface area contributed by atoms with Gasteiger partial charge in [-0.15, -0.1) is 0 Å². The van der Waals surface area contributed by atoms with E-state index in [1.54, 1.807) is 0 Å². The number of rotatable bonds is 7. The molecule has 2 saturated heterocycles. The zero-order valence-electron chi connectivity index (χ0n) is 18.8. The molecule has 4 rings (SSSR count). The maximum absolute atomic E-state index is 13.4. The Morgan fingerprint density at radius 2 is 1.65 bits per heavy atom. The lowest BCUT2D eigenvalue weighted by Crippen LogP contribution is -3.00. The number of esters is 2. The summed E-state index contributed by atoms with van der Waals surface area (Å²) in [7, 11) is 2.18. The molecule has 3 fully saturated rings. The summed E-state index contributed by atoms with van der Waals surface area (Å²) in [5.74, 6) is 0.0930. The second-order valence-electron chi connectivity index (χ2n) is 9.66. The molecule has 31 heavy (non-hydrogen) atoms. The lowest BCUT2D eigenvalue weighted by molar-refractivity contribution is -0.942. The molecule has 6 heteroatoms. The first-order valence-electron chi connectivity index (χ1n) is 11.8. The summed E-state index contributed by atoms with van der Waals surface area (Å²) < 4.78 is 12.2. The Morgan fingerprint density at radius 1 is 1.03 bits per heavy atom. The van der Waals surface area contributed by atoms with Gasteiger partial charge in [-0.3, -0.25) is 4.79 Å². The minimum atomic E-state index is -0.145. The summed E-state index contributed by atoms with van der Waals surface area (Å²) in [6.07, 6.45) is 8.50. The number of piperidine rings is 1. The summed E-state index contributed by atoms with van der Waals surface area (Å²) in [5, 5.41) is 0. The van der Waals surface area contributed by atoms with Crippen LogP contribution >= 0.6 is 0 Å². The van der Waals surface area contributed by atoms with E-state index >= 15 is 0 Å². The highest BCUT2D eigenvalue weighted by atomic mass is 79.9. The first-order chi connectivity index (χ1) is 14.5. The number of benzene rings is 1. The average molecular weight is 494 g/mol. The number of likely N-dealkylation sites (N-methyl/N-ethyl adjacent to an activating group) is 1. The van der Waals surface area contributed by atoms with Crippen LogP contribution in [-0.2, 0) is 19.1 Å². The van der Waals surface area contributed by atoms with Crippen LogP contribution in [0.4, 0.5) is 0 Å². The Kier molecular flexibility index (Phi) is 8.19. The van der Waals surface area contributed by atoms with Crippen LogP contribution in [0, 0.1) is 5.92 Å². The molecule has 0 N–H and O–H groups in total. The van der Waals surface area contributed by atoms with Gasteiger partial charge in [0.1, 0.15) is 6.10 Å². The summed E-state index contributed by atoms with van der Waals surface area (Å²) >= 11 is 0. The minimum absolute atomic E-state index is 0. The number of nitrogens with zero attached hydrogens (tertiary/aromatic N) is 1. The molecule has 3 aliphatic rings. The van der Waals surface area contributed by atoms with Gasteiger partial charge < -0.3 is 30.9 Å². The van der Waals surface area contributed by atoms with E-state index in [9.17, 15) is 9.59 Å². The van der Waals surface area contributed by atoms with E-state index in [0.717, 1.165) is 48.6 Å². The van der Waals surface area contributed by atoms with Crippen LogP contribution in [0.2, 0.25) is 0 Å². The number of ether oxygens (including phenoxy) is 2. The van der Waals surface area contributed by atoms with Gasteiger partial charge in [0.05, 0.1) is 31.7 Å². The molecule has 3 unspecified atom stereocenters. The highest BCUT2D eigenvalue weighted by Crippen LogP contribution is 2.43. The smallest absolute Gasteiger partial charge is 0.361 e. The van der Waals surface area contributed by atoms with E-state index in [1.807, 2.05) is 25.1 Å². The molecular weight excluding hydrogens is 458 g/mol. The third kappa shape index (κ3) is 5.16. The van der Waals surface area contributed by atoms with E-state index in [-0.39, 0.29) is 40.9 Å². The Balaban J connectivity index is 0.00000272. The summed E-state index contributed by atoms with van der Waals surface area (Å²) in [6, 6.07) is 10.9. The van der Waals surface area contributed by atoms with Crippen molar-refractivity contribution >= 4 is 11.9 Å². The minimum Gasteiger partial charge on any atom is -1.00 e. The highest BCUT2D eigenvalue weighted by molar-refractivity contribution is 5.79. The first kappa shape index (κ1) is 24.2. The molecule has 1 aromatic rings. The van der Waals surface area contributed by atoms with E-state index < -0.39 is 0 Å². The molecule has 2 aliphatic heterocycles. The highest BCUT2D eigenvalue weighted by Gasteiger charge is 2.53. The fourth-order valence-electron chi connectivity index (χ4n) is 6.32. The molecule has 172 valence electrons. The van der Waals surface area contributed by atoms with Crippen LogP contribution in [0.3, 0.4) is 0 Å². The molecule has 1 aromatic carbocycles. The zero-order valence-corrected chi connectivity index (χ0v) is 20.4. The van der Waals surface area contributed by atoms with E-state index in [1.165, 1.54) is 12.8 Å². The van der Waals surface area contributed by atoms with Gasteiger partial charge in [-0.25, -0.2) is 4.79 Å². The van der Waals surface area contributed by atoms with Gasteiger partial charge in [0.2, 0.25) is 0 Å². The SMILES string of the molecule is CCOC(=O)C[N+]1(C)[C@@H]2CC[C@H]1CC(OC(=O)C(c1ccccc1)C1CCCC1)C2.[Br-]. The molecule has 0 aromatic heterocycles. The van der Waals surface area contributed by atoms with Crippen molar-refractivity contribution < 1.29 is 40.5 Å². The predicted molar refractivity (Wildman–Crippen MR) is 115 cm³/mol. The number of carbonyl (C=O) groups excluding carboxylic acids is 2. The van der Waals surface area contributed by atoms with Crippen LogP contribution in [-0.4, -0.2) is 54.8 Å². The number of fused-ring (bicyclic) bond motifs is 2. The zero-order chi connectivity index (χ0) is 21.1. The van der Waals surface area contributed by atoms with Crippen molar-refractivity contribution in [1.29, 1.82) is 0 Å². The Hall–Kier alpha value is -1.40. The van der Waals surface area contributed by atoms with Crippen molar-refractivity contribution in [2.24, 2.45) is 5.92 Å². The topological polar surface area (TPSA) is 52.6 Å². The Bertz CT molecular complexity index is 735. The monoisotopic (exact) mass is 493 g/mol. The van der Waals surface area contributed by atoms with Crippen LogP contribution < -0.4 is 17.0 Å². The van der Waals surface area contributed by atoms with Gasteiger partial charge >= 0.3 is 11.9 Å². The van der Waals surface area contributed by atoms with E-state index in [0.29, 0.717) is 31.2 Å². The third-order valence-corrected chi connectivity index (χ3v) is 7.91. The molecule has 1 saturated carbocycles. The predicted octanol–water partition coefficient (Wildman–Crippen LogP) is 1.21. The quantitative estimate of drug-likeness (QED) is 0.423. The fraction of sp³-hybridized carbons (Fsp3) is 0.680. The average Bonchev–Trinajstić information content (AvgIpc) is 3.26. The second-order valence-corrected chi connectivity index (χ2v) is 9.66. The lowest BCUT2D eigenvalue weighted by atomic mass is 9.84. The number of hydrogen-bond donors (Lipinski definition) is 0. The Labute approximate surface area is 196 Å². The van der Waals surface area contributed by atoms with Gasteiger partial charge in [-0.05, 0) is 31.2 Å². The van der Waals surface area contributed by atoms with Crippen LogP contribution in [0.1, 0.15) is 69.8 Å². The van der Waals surface area contributed by atoms with Crippen molar-refractivity contribution in [3.8, 4) is 0 Å². The molecule has 2 heterocycles. The summed E-state index contributed by atoms with van der Waals surface area (Å²) in [4.78, 5) is 25.5. The first-order valence-corrected chi connectivity index (χ1v) is 11.8. The molecule has 1 aliphatic carbocycles. The van der Waals surface area contributed by atoms with Crippen molar-refractivity contribution in [3.63, 3.8) is 0 Å². The fourth-order valence-corrected chi connectivity index (χ4v) is 6.32. The van der Waals surface area contributed by atoms with Crippen molar-refractivity contribution in [1.82, 2.24) is 0 Å². The van der Waals surface area contributed by atoms with Crippen molar-refractivity contribution in [2.75, 3.05) is 20.2 Å².